The minimum absolute atomic E-state index is 0.577. The Morgan fingerprint density at radius 1 is 1.37 bits per heavy atom. The molecule has 0 unspecified atom stereocenters. The molecule has 5 nitrogen and oxygen atoms in total. The molecule has 0 aliphatic rings. The summed E-state index contributed by atoms with van der Waals surface area (Å²) >= 11 is 1.55. The standard InChI is InChI=1S/C13H14N4OS/c1-14-6-7-18-17-12-5-3-2-4-10(12)16-13(17)11-8-19-9-15-11/h2-5,8-9,14H,6-7H2,1H3. The molecule has 2 heterocycles. The summed E-state index contributed by atoms with van der Waals surface area (Å²) in [7, 11) is 1.90. The van der Waals surface area contributed by atoms with Crippen LogP contribution in [0.3, 0.4) is 0 Å². The van der Waals surface area contributed by atoms with Gasteiger partial charge in [0.1, 0.15) is 17.8 Å². The van der Waals surface area contributed by atoms with Crippen molar-refractivity contribution < 1.29 is 4.84 Å². The minimum atomic E-state index is 0.577. The predicted molar refractivity (Wildman–Crippen MR) is 76.2 cm³/mol. The van der Waals surface area contributed by atoms with E-state index in [4.69, 9.17) is 4.84 Å². The Morgan fingerprint density at radius 3 is 3.05 bits per heavy atom. The van der Waals surface area contributed by atoms with E-state index in [1.165, 1.54) is 0 Å². The van der Waals surface area contributed by atoms with Gasteiger partial charge in [0, 0.05) is 11.9 Å². The van der Waals surface area contributed by atoms with Crippen molar-refractivity contribution in [3.8, 4) is 11.5 Å². The summed E-state index contributed by atoms with van der Waals surface area (Å²) in [5.41, 5.74) is 4.51. The topological polar surface area (TPSA) is 52.0 Å². The zero-order valence-electron chi connectivity index (χ0n) is 10.5. The second-order valence-electron chi connectivity index (χ2n) is 4.03. The van der Waals surface area contributed by atoms with Crippen LogP contribution in [-0.4, -0.2) is 34.9 Å². The van der Waals surface area contributed by atoms with Gasteiger partial charge in [-0.2, -0.15) is 4.73 Å². The fourth-order valence-corrected chi connectivity index (χ4v) is 2.39. The van der Waals surface area contributed by atoms with E-state index in [-0.39, 0.29) is 0 Å². The highest BCUT2D eigenvalue weighted by Gasteiger charge is 2.14. The average molecular weight is 274 g/mol. The van der Waals surface area contributed by atoms with Crippen LogP contribution in [0.25, 0.3) is 22.6 Å². The van der Waals surface area contributed by atoms with E-state index in [2.05, 4.69) is 15.3 Å². The maximum absolute atomic E-state index is 5.81. The number of rotatable bonds is 5. The summed E-state index contributed by atoms with van der Waals surface area (Å²) in [4.78, 5) is 14.7. The molecular weight excluding hydrogens is 260 g/mol. The molecule has 0 amide bonds. The molecule has 0 radical (unpaired) electrons. The molecule has 0 aliphatic carbocycles. The van der Waals surface area contributed by atoms with Crippen LogP contribution in [0.2, 0.25) is 0 Å². The summed E-state index contributed by atoms with van der Waals surface area (Å²) in [5.74, 6) is 0.749. The summed E-state index contributed by atoms with van der Waals surface area (Å²) in [5, 5.41) is 5.03. The lowest BCUT2D eigenvalue weighted by Gasteiger charge is -2.09. The summed E-state index contributed by atoms with van der Waals surface area (Å²) in [6.07, 6.45) is 0. The number of nitrogens with one attached hydrogen (secondary N) is 1. The van der Waals surface area contributed by atoms with E-state index < -0.39 is 0 Å². The van der Waals surface area contributed by atoms with Gasteiger partial charge in [0.15, 0.2) is 5.82 Å². The number of aromatic nitrogens is 3. The number of nitrogens with zero attached hydrogens (tertiary/aromatic N) is 3. The van der Waals surface area contributed by atoms with Gasteiger partial charge in [-0.05, 0) is 19.2 Å². The molecule has 0 bridgehead atoms. The van der Waals surface area contributed by atoms with Crippen molar-refractivity contribution >= 4 is 22.4 Å². The smallest absolute Gasteiger partial charge is 0.196 e. The van der Waals surface area contributed by atoms with Crippen molar-refractivity contribution in [1.82, 2.24) is 20.0 Å². The maximum Gasteiger partial charge on any atom is 0.196 e. The highest BCUT2D eigenvalue weighted by Crippen LogP contribution is 2.23. The molecule has 6 heteroatoms. The lowest BCUT2D eigenvalue weighted by atomic mass is 10.3. The molecule has 0 atom stereocenters. The molecule has 3 rings (SSSR count). The SMILES string of the molecule is CNCCOn1c(-c2cscn2)nc2ccccc21. The first-order valence-corrected chi connectivity index (χ1v) is 6.98. The molecular formula is C13H14N4OS. The van der Waals surface area contributed by atoms with Gasteiger partial charge in [0.25, 0.3) is 0 Å². The molecule has 1 aromatic carbocycles. The molecule has 3 aromatic rings. The van der Waals surface area contributed by atoms with E-state index in [1.807, 2.05) is 36.7 Å². The first-order valence-electron chi connectivity index (χ1n) is 6.04. The number of para-hydroxylation sites is 2. The molecule has 0 saturated heterocycles. The number of benzene rings is 1. The van der Waals surface area contributed by atoms with Crippen LogP contribution in [0.15, 0.2) is 35.2 Å². The van der Waals surface area contributed by atoms with Crippen LogP contribution >= 0.6 is 11.3 Å². The van der Waals surface area contributed by atoms with Gasteiger partial charge < -0.3 is 10.2 Å². The molecule has 2 aromatic heterocycles. The Hall–Kier alpha value is -1.92. The quantitative estimate of drug-likeness (QED) is 0.721. The van der Waals surface area contributed by atoms with Crippen molar-refractivity contribution in [2.45, 2.75) is 0 Å². The highest BCUT2D eigenvalue weighted by atomic mass is 32.1. The molecule has 98 valence electrons. The molecule has 0 saturated carbocycles. The van der Waals surface area contributed by atoms with Crippen molar-refractivity contribution in [3.05, 3.63) is 35.2 Å². The third-order valence-corrected chi connectivity index (χ3v) is 3.34. The van der Waals surface area contributed by atoms with E-state index in [0.29, 0.717) is 6.61 Å². The summed E-state index contributed by atoms with van der Waals surface area (Å²) in [6, 6.07) is 7.92. The van der Waals surface area contributed by atoms with Crippen LogP contribution in [0, 0.1) is 0 Å². The Balaban J connectivity index is 2.06. The van der Waals surface area contributed by atoms with Gasteiger partial charge in [0.05, 0.1) is 11.0 Å². The van der Waals surface area contributed by atoms with Gasteiger partial charge in [-0.3, -0.25) is 0 Å². The monoisotopic (exact) mass is 274 g/mol. The van der Waals surface area contributed by atoms with Gasteiger partial charge in [0.2, 0.25) is 0 Å². The fourth-order valence-electron chi connectivity index (χ4n) is 1.86. The highest BCUT2D eigenvalue weighted by molar-refractivity contribution is 7.07. The first kappa shape index (κ1) is 12.1. The van der Waals surface area contributed by atoms with Crippen LogP contribution in [0.5, 0.6) is 0 Å². The number of likely N-dealkylation sites (N-methyl/N-ethyl adjacent to an activating group) is 1. The molecule has 0 spiro atoms. The van der Waals surface area contributed by atoms with E-state index in [0.717, 1.165) is 29.1 Å². The molecule has 1 N–H and O–H groups in total. The normalized spacial score (nSPS) is 11.0. The second-order valence-corrected chi connectivity index (χ2v) is 4.75. The van der Waals surface area contributed by atoms with E-state index in [1.54, 1.807) is 21.6 Å². The van der Waals surface area contributed by atoms with Crippen molar-refractivity contribution in [2.75, 3.05) is 20.2 Å². The van der Waals surface area contributed by atoms with E-state index >= 15 is 0 Å². The minimum Gasteiger partial charge on any atom is -0.410 e. The van der Waals surface area contributed by atoms with Crippen molar-refractivity contribution in [1.29, 1.82) is 0 Å². The lowest BCUT2D eigenvalue weighted by Crippen LogP contribution is -2.22. The Kier molecular flexibility index (Phi) is 3.43. The Labute approximate surface area is 114 Å². The molecule has 19 heavy (non-hydrogen) atoms. The van der Waals surface area contributed by atoms with Crippen LogP contribution < -0.4 is 10.2 Å². The Bertz CT molecular complexity index is 662. The zero-order chi connectivity index (χ0) is 13.1. The van der Waals surface area contributed by atoms with Crippen molar-refractivity contribution in [2.24, 2.45) is 0 Å². The third-order valence-electron chi connectivity index (χ3n) is 2.75. The summed E-state index contributed by atoms with van der Waals surface area (Å²) < 4.78 is 1.77. The van der Waals surface area contributed by atoms with Gasteiger partial charge >= 0.3 is 0 Å². The van der Waals surface area contributed by atoms with Crippen LogP contribution in [-0.2, 0) is 0 Å². The fraction of sp³-hybridized carbons (Fsp3) is 0.231. The zero-order valence-corrected chi connectivity index (χ0v) is 11.4. The first-order chi connectivity index (χ1) is 9.40. The molecule has 0 aliphatic heterocycles. The number of fused-ring (bicyclic) bond motifs is 1. The number of imidazole rings is 1. The number of hydrogen-bond acceptors (Lipinski definition) is 5. The van der Waals surface area contributed by atoms with Gasteiger partial charge in [-0.1, -0.05) is 12.1 Å². The van der Waals surface area contributed by atoms with E-state index in [9.17, 15) is 0 Å². The number of hydrogen-bond donors (Lipinski definition) is 1. The molecule has 0 fully saturated rings. The average Bonchev–Trinajstić information content (AvgIpc) is 3.06. The maximum atomic E-state index is 5.81. The largest absolute Gasteiger partial charge is 0.410 e. The summed E-state index contributed by atoms with van der Waals surface area (Å²) in [6.45, 7) is 1.36. The van der Waals surface area contributed by atoms with Gasteiger partial charge in [-0.25, -0.2) is 9.97 Å². The van der Waals surface area contributed by atoms with Gasteiger partial charge in [-0.15, -0.1) is 11.3 Å². The predicted octanol–water partition coefficient (Wildman–Crippen LogP) is 1.81. The lowest BCUT2D eigenvalue weighted by molar-refractivity contribution is 0.125. The van der Waals surface area contributed by atoms with Crippen molar-refractivity contribution in [3.63, 3.8) is 0 Å². The Morgan fingerprint density at radius 2 is 2.26 bits per heavy atom. The second kappa shape index (κ2) is 5.38. The number of thiazole rings is 1. The third kappa shape index (κ3) is 2.32. The van der Waals surface area contributed by atoms with Crippen LogP contribution in [0.1, 0.15) is 0 Å². The van der Waals surface area contributed by atoms with Crippen LogP contribution in [0.4, 0.5) is 0 Å².